The van der Waals surface area contributed by atoms with Gasteiger partial charge in [0, 0.05) is 6.54 Å². The van der Waals surface area contributed by atoms with Crippen LogP contribution in [0.4, 0.5) is 0 Å². The Morgan fingerprint density at radius 2 is 2.24 bits per heavy atom. The molecule has 4 heteroatoms. The van der Waals surface area contributed by atoms with E-state index in [2.05, 4.69) is 11.2 Å². The van der Waals surface area contributed by atoms with Crippen LogP contribution in [0.2, 0.25) is 0 Å². The van der Waals surface area contributed by atoms with Gasteiger partial charge in [-0.25, -0.2) is 0 Å². The van der Waals surface area contributed by atoms with Crippen LogP contribution in [0.3, 0.4) is 0 Å². The predicted octanol–water partition coefficient (Wildman–Crippen LogP) is 1.19. The van der Waals surface area contributed by atoms with E-state index in [0.717, 1.165) is 11.3 Å². The molecule has 1 N–H and O–H groups in total. The summed E-state index contributed by atoms with van der Waals surface area (Å²) in [6, 6.07) is 3.87. The Morgan fingerprint density at radius 3 is 3.00 bits per heavy atom. The average Bonchev–Trinajstić information content (AvgIpc) is 2.38. The molecule has 1 aliphatic rings. The highest BCUT2D eigenvalue weighted by molar-refractivity contribution is 5.54. The molecule has 2 rings (SSSR count). The second-order valence-electron chi connectivity index (χ2n) is 3.63. The lowest BCUT2D eigenvalue weighted by Crippen LogP contribution is -2.17. The van der Waals surface area contributed by atoms with Gasteiger partial charge in [0.15, 0.2) is 11.5 Å². The van der Waals surface area contributed by atoms with Crippen molar-refractivity contribution in [3.05, 3.63) is 17.7 Å². The number of rotatable bonds is 4. The highest BCUT2D eigenvalue weighted by atomic mass is 16.6. The van der Waals surface area contributed by atoms with Gasteiger partial charge in [-0.15, -0.1) is 6.42 Å². The van der Waals surface area contributed by atoms with E-state index >= 15 is 0 Å². The average molecular weight is 233 g/mol. The van der Waals surface area contributed by atoms with Gasteiger partial charge < -0.3 is 19.5 Å². The van der Waals surface area contributed by atoms with Gasteiger partial charge in [0.25, 0.3) is 0 Å². The number of methoxy groups -OCH3 is 1. The minimum Gasteiger partial charge on any atom is -0.493 e. The van der Waals surface area contributed by atoms with Crippen LogP contribution in [-0.4, -0.2) is 26.9 Å². The van der Waals surface area contributed by atoms with Gasteiger partial charge in [0.05, 0.1) is 13.7 Å². The molecule has 0 aromatic heterocycles. The molecule has 1 aliphatic heterocycles. The second kappa shape index (κ2) is 5.46. The summed E-state index contributed by atoms with van der Waals surface area (Å²) in [5, 5.41) is 3.12. The molecule has 0 atom stereocenters. The largest absolute Gasteiger partial charge is 0.493 e. The number of fused-ring (bicyclic) bond motifs is 1. The molecule has 1 heterocycles. The third-order valence-corrected chi connectivity index (χ3v) is 2.44. The Balaban J connectivity index is 2.21. The quantitative estimate of drug-likeness (QED) is 0.626. The van der Waals surface area contributed by atoms with E-state index in [0.29, 0.717) is 37.8 Å². The molecule has 0 spiro atoms. The van der Waals surface area contributed by atoms with Gasteiger partial charge in [0.2, 0.25) is 5.75 Å². The molecule has 0 saturated heterocycles. The lowest BCUT2D eigenvalue weighted by atomic mass is 10.1. The van der Waals surface area contributed by atoms with Gasteiger partial charge in [-0.1, -0.05) is 5.92 Å². The number of terminal acetylenes is 1. The summed E-state index contributed by atoms with van der Waals surface area (Å²) >= 11 is 0. The van der Waals surface area contributed by atoms with Crippen molar-refractivity contribution in [3.8, 4) is 29.6 Å². The van der Waals surface area contributed by atoms with Crippen molar-refractivity contribution in [2.24, 2.45) is 0 Å². The maximum absolute atomic E-state index is 5.54. The van der Waals surface area contributed by atoms with Crippen LogP contribution in [0.5, 0.6) is 17.2 Å². The van der Waals surface area contributed by atoms with Gasteiger partial charge in [-0.05, 0) is 17.7 Å². The number of benzene rings is 1. The van der Waals surface area contributed by atoms with Crippen LogP contribution in [0.1, 0.15) is 5.56 Å². The molecule has 0 aliphatic carbocycles. The Hall–Kier alpha value is -1.86. The van der Waals surface area contributed by atoms with Gasteiger partial charge >= 0.3 is 0 Å². The molecule has 1 aromatic rings. The van der Waals surface area contributed by atoms with E-state index in [1.165, 1.54) is 0 Å². The van der Waals surface area contributed by atoms with E-state index in [1.807, 2.05) is 12.1 Å². The van der Waals surface area contributed by atoms with Crippen molar-refractivity contribution in [1.82, 2.24) is 5.32 Å². The first-order valence-electron chi connectivity index (χ1n) is 5.46. The third-order valence-electron chi connectivity index (χ3n) is 2.44. The first-order valence-corrected chi connectivity index (χ1v) is 5.46. The monoisotopic (exact) mass is 233 g/mol. The van der Waals surface area contributed by atoms with E-state index in [-0.39, 0.29) is 0 Å². The molecule has 4 nitrogen and oxygen atoms in total. The van der Waals surface area contributed by atoms with Crippen LogP contribution >= 0.6 is 0 Å². The summed E-state index contributed by atoms with van der Waals surface area (Å²) in [6.07, 6.45) is 5.18. The summed E-state index contributed by atoms with van der Waals surface area (Å²) in [7, 11) is 1.62. The fraction of sp³-hybridized carbons (Fsp3) is 0.385. The second-order valence-corrected chi connectivity index (χ2v) is 3.63. The van der Waals surface area contributed by atoms with Gasteiger partial charge in [-0.2, -0.15) is 0 Å². The highest BCUT2D eigenvalue weighted by Crippen LogP contribution is 2.40. The lowest BCUT2D eigenvalue weighted by molar-refractivity contribution is 0.165. The Morgan fingerprint density at radius 1 is 1.41 bits per heavy atom. The van der Waals surface area contributed by atoms with E-state index in [4.69, 9.17) is 20.6 Å². The van der Waals surface area contributed by atoms with Crippen molar-refractivity contribution in [1.29, 1.82) is 0 Å². The molecule has 0 fully saturated rings. The minimum absolute atomic E-state index is 0.538. The highest BCUT2D eigenvalue weighted by Gasteiger charge is 2.18. The lowest BCUT2D eigenvalue weighted by Gasteiger charge is -2.21. The van der Waals surface area contributed by atoms with Crippen molar-refractivity contribution in [2.45, 2.75) is 6.54 Å². The zero-order chi connectivity index (χ0) is 12.1. The normalized spacial score (nSPS) is 12.9. The fourth-order valence-corrected chi connectivity index (χ4v) is 1.71. The molecule has 1 aromatic carbocycles. The molecular formula is C13H15NO3. The van der Waals surface area contributed by atoms with Crippen LogP contribution in [-0.2, 0) is 6.54 Å². The summed E-state index contributed by atoms with van der Waals surface area (Å²) in [4.78, 5) is 0. The molecule has 0 saturated carbocycles. The number of ether oxygens (including phenoxy) is 3. The van der Waals surface area contributed by atoms with Crippen molar-refractivity contribution < 1.29 is 14.2 Å². The number of nitrogens with one attached hydrogen (secondary N) is 1. The molecule has 90 valence electrons. The number of hydrogen-bond donors (Lipinski definition) is 1. The SMILES string of the molecule is C#CCNCc1cc(OC)c2c(c1)OCCO2. The fourth-order valence-electron chi connectivity index (χ4n) is 1.71. The maximum atomic E-state index is 5.54. The molecule has 0 bridgehead atoms. The van der Waals surface area contributed by atoms with Gasteiger partial charge in [0.1, 0.15) is 13.2 Å². The smallest absolute Gasteiger partial charge is 0.203 e. The molecule has 0 amide bonds. The van der Waals surface area contributed by atoms with Crippen molar-refractivity contribution >= 4 is 0 Å². The summed E-state index contributed by atoms with van der Waals surface area (Å²) in [5.74, 6) is 4.63. The Kier molecular flexibility index (Phi) is 3.73. The van der Waals surface area contributed by atoms with Crippen LogP contribution in [0, 0.1) is 12.3 Å². The zero-order valence-electron chi connectivity index (χ0n) is 9.79. The van der Waals surface area contributed by atoms with Gasteiger partial charge in [-0.3, -0.25) is 0 Å². The first kappa shape index (κ1) is 11.6. The summed E-state index contributed by atoms with van der Waals surface area (Å²) < 4.78 is 16.3. The summed E-state index contributed by atoms with van der Waals surface area (Å²) in [5.41, 5.74) is 1.06. The van der Waals surface area contributed by atoms with E-state index in [9.17, 15) is 0 Å². The van der Waals surface area contributed by atoms with Crippen LogP contribution < -0.4 is 19.5 Å². The Bertz CT molecular complexity index is 420. The predicted molar refractivity (Wildman–Crippen MR) is 64.5 cm³/mol. The summed E-state index contributed by atoms with van der Waals surface area (Å²) in [6.45, 7) is 2.34. The minimum atomic E-state index is 0.538. The van der Waals surface area contributed by atoms with Crippen molar-refractivity contribution in [3.63, 3.8) is 0 Å². The topological polar surface area (TPSA) is 39.7 Å². The molecular weight excluding hydrogens is 218 g/mol. The third kappa shape index (κ3) is 2.63. The van der Waals surface area contributed by atoms with E-state index < -0.39 is 0 Å². The standard InChI is InChI=1S/C13H15NO3/c1-3-4-14-9-10-7-11(15-2)13-12(8-10)16-5-6-17-13/h1,7-8,14H,4-6,9H2,2H3. The zero-order valence-corrected chi connectivity index (χ0v) is 9.79. The number of hydrogen-bond acceptors (Lipinski definition) is 4. The van der Waals surface area contributed by atoms with E-state index in [1.54, 1.807) is 7.11 Å². The van der Waals surface area contributed by atoms with Crippen LogP contribution in [0.25, 0.3) is 0 Å². The molecule has 0 radical (unpaired) electrons. The first-order chi connectivity index (χ1) is 8.35. The Labute approximate surface area is 101 Å². The molecule has 17 heavy (non-hydrogen) atoms. The molecule has 0 unspecified atom stereocenters. The van der Waals surface area contributed by atoms with Crippen LogP contribution in [0.15, 0.2) is 12.1 Å². The van der Waals surface area contributed by atoms with Crippen molar-refractivity contribution in [2.75, 3.05) is 26.9 Å². The maximum Gasteiger partial charge on any atom is 0.203 e.